The first-order chi connectivity index (χ1) is 17.0. The fraction of sp³-hybridized carbons (Fsp3) is 0.571. The fourth-order valence-electron chi connectivity index (χ4n) is 3.83. The number of benzene rings is 2. The van der Waals surface area contributed by atoms with E-state index in [1.807, 2.05) is 18.2 Å². The molecule has 196 valence electrons. The number of nitrogen functional groups attached to an aromatic ring is 1. The molecule has 1 unspecified atom stereocenters. The summed E-state index contributed by atoms with van der Waals surface area (Å²) >= 11 is 12.4. The first-order valence-electron chi connectivity index (χ1n) is 12.9. The summed E-state index contributed by atoms with van der Waals surface area (Å²) in [4.78, 5) is 2.28. The van der Waals surface area contributed by atoms with E-state index < -0.39 is 6.10 Å². The van der Waals surface area contributed by atoms with Crippen molar-refractivity contribution in [3.63, 3.8) is 0 Å². The van der Waals surface area contributed by atoms with Gasteiger partial charge in [0.05, 0.1) is 21.8 Å². The molecule has 0 aromatic heterocycles. The van der Waals surface area contributed by atoms with Crippen LogP contribution in [0, 0.1) is 0 Å². The maximum absolute atomic E-state index is 10.9. The fourth-order valence-corrected chi connectivity index (χ4v) is 4.33. The highest BCUT2D eigenvalue weighted by Gasteiger charge is 2.16. The van der Waals surface area contributed by atoms with Gasteiger partial charge in [0, 0.05) is 39.5 Å². The number of ether oxygens (including phenoxy) is 2. The van der Waals surface area contributed by atoms with Gasteiger partial charge in [-0.3, -0.25) is 4.90 Å². The van der Waals surface area contributed by atoms with Gasteiger partial charge in [-0.15, -0.1) is 0 Å². The largest absolute Gasteiger partial charge is 0.396 e. The lowest BCUT2D eigenvalue weighted by molar-refractivity contribution is 0.0797. The maximum Gasteiger partial charge on any atom is 0.0918 e. The van der Waals surface area contributed by atoms with Crippen LogP contribution in [-0.4, -0.2) is 49.5 Å². The SMILES string of the molecule is CCCCOCCCOCCCCCCN(Cc1ccccc1)CC(O)c1cc(Cl)c(N)c(Cl)c1. The van der Waals surface area contributed by atoms with Crippen LogP contribution in [-0.2, 0) is 16.0 Å². The summed E-state index contributed by atoms with van der Waals surface area (Å²) in [6.07, 6.45) is 6.97. The molecule has 0 aliphatic rings. The molecular weight excluding hydrogens is 483 g/mol. The van der Waals surface area contributed by atoms with Crippen LogP contribution in [0.4, 0.5) is 5.69 Å². The highest BCUT2D eigenvalue weighted by Crippen LogP contribution is 2.31. The second kappa shape index (κ2) is 18.0. The van der Waals surface area contributed by atoms with E-state index in [1.165, 1.54) is 12.0 Å². The van der Waals surface area contributed by atoms with Gasteiger partial charge in [-0.25, -0.2) is 0 Å². The van der Waals surface area contributed by atoms with E-state index in [4.69, 9.17) is 38.4 Å². The summed E-state index contributed by atoms with van der Waals surface area (Å²) in [5.74, 6) is 0. The third kappa shape index (κ3) is 12.4. The van der Waals surface area contributed by atoms with Crippen molar-refractivity contribution in [2.24, 2.45) is 0 Å². The van der Waals surface area contributed by atoms with Crippen molar-refractivity contribution in [3.05, 3.63) is 63.6 Å². The monoisotopic (exact) mass is 524 g/mol. The van der Waals surface area contributed by atoms with Gasteiger partial charge in [-0.1, -0.05) is 79.7 Å². The third-order valence-corrected chi connectivity index (χ3v) is 6.52. The number of nitrogens with two attached hydrogens (primary N) is 1. The molecule has 0 fully saturated rings. The molecule has 0 heterocycles. The molecule has 35 heavy (non-hydrogen) atoms. The zero-order chi connectivity index (χ0) is 25.3. The average molecular weight is 526 g/mol. The van der Waals surface area contributed by atoms with Gasteiger partial charge in [-0.05, 0) is 55.5 Å². The minimum absolute atomic E-state index is 0.342. The van der Waals surface area contributed by atoms with E-state index in [1.54, 1.807) is 12.1 Å². The van der Waals surface area contributed by atoms with Crippen molar-refractivity contribution in [2.45, 2.75) is 64.5 Å². The maximum atomic E-state index is 10.9. The number of aliphatic hydroxyl groups is 1. The predicted molar refractivity (Wildman–Crippen MR) is 147 cm³/mol. The van der Waals surface area contributed by atoms with Crippen LogP contribution < -0.4 is 5.73 Å². The van der Waals surface area contributed by atoms with Gasteiger partial charge >= 0.3 is 0 Å². The van der Waals surface area contributed by atoms with Crippen molar-refractivity contribution in [1.29, 1.82) is 0 Å². The molecule has 0 aliphatic carbocycles. The zero-order valence-corrected chi connectivity index (χ0v) is 22.6. The summed E-state index contributed by atoms with van der Waals surface area (Å²) in [5.41, 5.74) is 8.09. The van der Waals surface area contributed by atoms with Crippen LogP contribution in [0.3, 0.4) is 0 Å². The van der Waals surface area contributed by atoms with E-state index in [9.17, 15) is 5.11 Å². The third-order valence-electron chi connectivity index (χ3n) is 5.90. The second-order valence-electron chi connectivity index (χ2n) is 8.98. The summed E-state index contributed by atoms with van der Waals surface area (Å²) < 4.78 is 11.3. The van der Waals surface area contributed by atoms with Crippen LogP contribution in [0.5, 0.6) is 0 Å². The van der Waals surface area contributed by atoms with Gasteiger partial charge in [0.15, 0.2) is 0 Å². The van der Waals surface area contributed by atoms with Crippen molar-refractivity contribution < 1.29 is 14.6 Å². The molecule has 3 N–H and O–H groups in total. The summed E-state index contributed by atoms with van der Waals surface area (Å²) in [7, 11) is 0. The van der Waals surface area contributed by atoms with Crippen LogP contribution in [0.25, 0.3) is 0 Å². The number of halogens is 2. The van der Waals surface area contributed by atoms with E-state index in [0.29, 0.717) is 27.8 Å². The zero-order valence-electron chi connectivity index (χ0n) is 21.1. The van der Waals surface area contributed by atoms with Gasteiger partial charge < -0.3 is 20.3 Å². The van der Waals surface area contributed by atoms with E-state index in [-0.39, 0.29) is 0 Å². The van der Waals surface area contributed by atoms with E-state index >= 15 is 0 Å². The Morgan fingerprint density at radius 2 is 1.46 bits per heavy atom. The lowest BCUT2D eigenvalue weighted by Crippen LogP contribution is -2.29. The van der Waals surface area contributed by atoms with Gasteiger partial charge in [-0.2, -0.15) is 0 Å². The van der Waals surface area contributed by atoms with Gasteiger partial charge in [0.2, 0.25) is 0 Å². The Morgan fingerprint density at radius 1 is 0.857 bits per heavy atom. The van der Waals surface area contributed by atoms with Crippen LogP contribution in [0.2, 0.25) is 10.0 Å². The molecule has 0 spiro atoms. The standard InChI is InChI=1S/C28H42Cl2N2O3/c1-2-3-15-34-17-11-18-35-16-10-5-4-9-14-32(21-23-12-7-6-8-13-23)22-27(33)24-19-25(29)28(31)26(30)20-24/h6-8,12-13,19-20,27,33H,2-5,9-11,14-18,21-22,31H2,1H3. The average Bonchev–Trinajstić information content (AvgIpc) is 2.85. The molecule has 0 saturated carbocycles. The molecule has 2 aromatic carbocycles. The Morgan fingerprint density at radius 3 is 2.11 bits per heavy atom. The lowest BCUT2D eigenvalue weighted by atomic mass is 10.1. The Labute approximate surface area is 221 Å². The number of unbranched alkanes of at least 4 members (excludes halogenated alkanes) is 4. The normalized spacial score (nSPS) is 12.4. The molecule has 2 aromatic rings. The highest BCUT2D eigenvalue weighted by atomic mass is 35.5. The Kier molecular flexibility index (Phi) is 15.4. The molecule has 0 radical (unpaired) electrons. The Balaban J connectivity index is 1.71. The van der Waals surface area contributed by atoms with Crippen molar-refractivity contribution in [1.82, 2.24) is 4.90 Å². The number of nitrogens with zero attached hydrogens (tertiary/aromatic N) is 1. The molecule has 2 rings (SSSR count). The summed E-state index contributed by atoms with van der Waals surface area (Å²) in [6, 6.07) is 13.7. The van der Waals surface area contributed by atoms with Crippen LogP contribution >= 0.6 is 23.2 Å². The second-order valence-corrected chi connectivity index (χ2v) is 9.80. The number of rotatable bonds is 19. The van der Waals surface area contributed by atoms with Crippen molar-refractivity contribution in [2.75, 3.05) is 45.3 Å². The van der Waals surface area contributed by atoms with E-state index in [2.05, 4.69) is 24.0 Å². The quantitative estimate of drug-likeness (QED) is 0.154. The lowest BCUT2D eigenvalue weighted by Gasteiger charge is -2.26. The summed E-state index contributed by atoms with van der Waals surface area (Å²) in [5, 5.41) is 11.6. The molecule has 0 bridgehead atoms. The summed E-state index contributed by atoms with van der Waals surface area (Å²) in [6.45, 7) is 7.57. The molecule has 7 heteroatoms. The number of anilines is 1. The first-order valence-corrected chi connectivity index (χ1v) is 13.6. The smallest absolute Gasteiger partial charge is 0.0918 e. The Bertz CT molecular complexity index is 800. The molecule has 0 amide bonds. The van der Waals surface area contributed by atoms with Crippen molar-refractivity contribution in [3.8, 4) is 0 Å². The minimum atomic E-state index is -0.700. The van der Waals surface area contributed by atoms with E-state index in [0.717, 1.165) is 78.0 Å². The topological polar surface area (TPSA) is 68.0 Å². The van der Waals surface area contributed by atoms with Crippen LogP contribution in [0.15, 0.2) is 42.5 Å². The molecule has 1 atom stereocenters. The predicted octanol–water partition coefficient (Wildman–Crippen LogP) is 6.90. The molecule has 0 aliphatic heterocycles. The molecular formula is C28H42Cl2N2O3. The molecule has 5 nitrogen and oxygen atoms in total. The number of hydrogen-bond donors (Lipinski definition) is 2. The minimum Gasteiger partial charge on any atom is -0.396 e. The highest BCUT2D eigenvalue weighted by molar-refractivity contribution is 6.38. The van der Waals surface area contributed by atoms with Gasteiger partial charge in [0.1, 0.15) is 0 Å². The van der Waals surface area contributed by atoms with Crippen LogP contribution in [0.1, 0.15) is 69.1 Å². The number of aliphatic hydroxyl groups excluding tert-OH is 1. The van der Waals surface area contributed by atoms with Crippen molar-refractivity contribution >= 4 is 28.9 Å². The molecule has 0 saturated heterocycles. The Hall–Kier alpha value is -1.34. The van der Waals surface area contributed by atoms with Gasteiger partial charge in [0.25, 0.3) is 0 Å². The number of hydrogen-bond acceptors (Lipinski definition) is 5. The first kappa shape index (κ1) is 29.9.